The van der Waals surface area contributed by atoms with Crippen LogP contribution in [0, 0.1) is 0 Å². The highest BCUT2D eigenvalue weighted by molar-refractivity contribution is 6.32. The second-order valence-electron chi connectivity index (χ2n) is 3.59. The number of halogens is 1. The van der Waals surface area contributed by atoms with Crippen LogP contribution in [0.5, 0.6) is 11.5 Å². The third-order valence-electron chi connectivity index (χ3n) is 2.32. The lowest BCUT2D eigenvalue weighted by Gasteiger charge is -2.13. The molecule has 1 aromatic rings. The third-order valence-corrected chi connectivity index (χ3v) is 2.60. The number of ether oxygens (including phenoxy) is 2. The molecule has 1 aromatic carbocycles. The molecule has 0 unspecified atom stereocenters. The SMILES string of the molecule is C=CCCCOc1c(Cl)cc(CN)cc1OC. The first kappa shape index (κ1) is 13.9. The number of hydrogen-bond acceptors (Lipinski definition) is 3. The summed E-state index contributed by atoms with van der Waals surface area (Å²) < 4.78 is 10.9. The Morgan fingerprint density at radius 3 is 2.82 bits per heavy atom. The van der Waals surface area contributed by atoms with E-state index in [9.17, 15) is 0 Å². The lowest BCUT2D eigenvalue weighted by Crippen LogP contribution is -2.02. The van der Waals surface area contributed by atoms with Gasteiger partial charge in [0.05, 0.1) is 18.7 Å². The van der Waals surface area contributed by atoms with Gasteiger partial charge in [0.25, 0.3) is 0 Å². The Hall–Kier alpha value is -1.19. The van der Waals surface area contributed by atoms with Crippen LogP contribution in [0.4, 0.5) is 0 Å². The van der Waals surface area contributed by atoms with Crippen molar-refractivity contribution in [3.05, 3.63) is 35.4 Å². The molecule has 3 nitrogen and oxygen atoms in total. The third kappa shape index (κ3) is 3.95. The largest absolute Gasteiger partial charge is 0.493 e. The number of hydrogen-bond donors (Lipinski definition) is 1. The lowest BCUT2D eigenvalue weighted by atomic mass is 10.2. The van der Waals surface area contributed by atoms with Crippen LogP contribution < -0.4 is 15.2 Å². The molecule has 0 saturated carbocycles. The molecule has 0 aliphatic carbocycles. The molecule has 0 saturated heterocycles. The molecular weight excluding hydrogens is 238 g/mol. The second-order valence-corrected chi connectivity index (χ2v) is 4.00. The maximum absolute atomic E-state index is 6.12. The molecule has 0 bridgehead atoms. The van der Waals surface area contributed by atoms with Gasteiger partial charge in [-0.2, -0.15) is 0 Å². The quantitative estimate of drug-likeness (QED) is 0.601. The van der Waals surface area contributed by atoms with Crippen molar-refractivity contribution in [3.63, 3.8) is 0 Å². The van der Waals surface area contributed by atoms with E-state index in [2.05, 4.69) is 6.58 Å². The fourth-order valence-corrected chi connectivity index (χ4v) is 1.72. The van der Waals surface area contributed by atoms with Crippen LogP contribution in [0.3, 0.4) is 0 Å². The van der Waals surface area contributed by atoms with Gasteiger partial charge < -0.3 is 15.2 Å². The Bertz CT molecular complexity index is 380. The maximum atomic E-state index is 6.12. The standard InChI is InChI=1S/C13H18ClNO2/c1-3-4-5-6-17-13-11(14)7-10(9-15)8-12(13)16-2/h3,7-8H,1,4-6,9,15H2,2H3. The van der Waals surface area contributed by atoms with Crippen molar-refractivity contribution < 1.29 is 9.47 Å². The Kier molecular flexibility index (Phi) is 5.87. The molecular formula is C13H18ClNO2. The Balaban J connectivity index is 2.78. The summed E-state index contributed by atoms with van der Waals surface area (Å²) >= 11 is 6.12. The van der Waals surface area contributed by atoms with Crippen molar-refractivity contribution in [2.75, 3.05) is 13.7 Å². The number of methoxy groups -OCH3 is 1. The summed E-state index contributed by atoms with van der Waals surface area (Å²) in [4.78, 5) is 0. The van der Waals surface area contributed by atoms with Gasteiger partial charge in [-0.15, -0.1) is 6.58 Å². The van der Waals surface area contributed by atoms with Crippen molar-refractivity contribution in [1.29, 1.82) is 0 Å². The smallest absolute Gasteiger partial charge is 0.179 e. The molecule has 17 heavy (non-hydrogen) atoms. The van der Waals surface area contributed by atoms with E-state index in [4.69, 9.17) is 26.8 Å². The average molecular weight is 256 g/mol. The minimum absolute atomic E-state index is 0.423. The number of unbranched alkanes of at least 4 members (excludes halogenated alkanes) is 1. The fraction of sp³-hybridized carbons (Fsp3) is 0.385. The molecule has 0 aliphatic heterocycles. The molecule has 0 fully saturated rings. The van der Waals surface area contributed by atoms with Crippen molar-refractivity contribution in [2.45, 2.75) is 19.4 Å². The average Bonchev–Trinajstić information content (AvgIpc) is 2.35. The Morgan fingerprint density at radius 1 is 1.47 bits per heavy atom. The van der Waals surface area contributed by atoms with E-state index in [0.717, 1.165) is 18.4 Å². The highest BCUT2D eigenvalue weighted by Gasteiger charge is 2.11. The van der Waals surface area contributed by atoms with Gasteiger partial charge in [-0.1, -0.05) is 17.7 Å². The van der Waals surface area contributed by atoms with Gasteiger partial charge in [-0.05, 0) is 30.5 Å². The highest BCUT2D eigenvalue weighted by atomic mass is 35.5. The van der Waals surface area contributed by atoms with Gasteiger partial charge >= 0.3 is 0 Å². The molecule has 94 valence electrons. The van der Waals surface area contributed by atoms with E-state index in [1.807, 2.05) is 12.1 Å². The van der Waals surface area contributed by atoms with E-state index in [1.54, 1.807) is 13.2 Å². The first-order valence-corrected chi connectivity index (χ1v) is 5.91. The summed E-state index contributed by atoms with van der Waals surface area (Å²) in [7, 11) is 1.59. The monoisotopic (exact) mass is 255 g/mol. The van der Waals surface area contributed by atoms with Crippen molar-refractivity contribution in [2.24, 2.45) is 5.73 Å². The topological polar surface area (TPSA) is 44.5 Å². The molecule has 2 N–H and O–H groups in total. The maximum Gasteiger partial charge on any atom is 0.179 e. The summed E-state index contributed by atoms with van der Waals surface area (Å²) in [5.41, 5.74) is 6.49. The van der Waals surface area contributed by atoms with Crippen LogP contribution in [0.25, 0.3) is 0 Å². The van der Waals surface area contributed by atoms with Crippen LogP contribution in [0.15, 0.2) is 24.8 Å². The Morgan fingerprint density at radius 2 is 2.24 bits per heavy atom. The zero-order valence-electron chi connectivity index (χ0n) is 10.0. The van der Waals surface area contributed by atoms with Gasteiger partial charge in [0, 0.05) is 6.54 Å². The molecule has 0 aromatic heterocycles. The van der Waals surface area contributed by atoms with Crippen LogP contribution in [-0.2, 0) is 6.54 Å². The van der Waals surface area contributed by atoms with Crippen molar-refractivity contribution in [3.8, 4) is 11.5 Å². The summed E-state index contributed by atoms with van der Waals surface area (Å²) in [5.74, 6) is 1.20. The summed E-state index contributed by atoms with van der Waals surface area (Å²) in [6.07, 6.45) is 3.68. The minimum atomic E-state index is 0.423. The van der Waals surface area contributed by atoms with Gasteiger partial charge in [0.15, 0.2) is 11.5 Å². The van der Waals surface area contributed by atoms with Gasteiger partial charge in [0.1, 0.15) is 0 Å². The second kappa shape index (κ2) is 7.20. The number of nitrogens with two attached hydrogens (primary N) is 1. The first-order valence-electron chi connectivity index (χ1n) is 5.53. The Labute approximate surface area is 107 Å². The number of benzene rings is 1. The van der Waals surface area contributed by atoms with Crippen LogP contribution in [0.1, 0.15) is 18.4 Å². The molecule has 0 amide bonds. The molecule has 0 spiro atoms. The summed E-state index contributed by atoms with van der Waals surface area (Å²) in [6, 6.07) is 3.64. The van der Waals surface area contributed by atoms with E-state index in [-0.39, 0.29) is 0 Å². The van der Waals surface area contributed by atoms with Gasteiger partial charge in [-0.25, -0.2) is 0 Å². The molecule has 0 radical (unpaired) electrons. The van der Waals surface area contributed by atoms with Crippen LogP contribution >= 0.6 is 11.6 Å². The van der Waals surface area contributed by atoms with E-state index >= 15 is 0 Å². The molecule has 4 heteroatoms. The van der Waals surface area contributed by atoms with E-state index in [1.165, 1.54) is 0 Å². The number of rotatable bonds is 7. The van der Waals surface area contributed by atoms with Crippen LogP contribution in [0.2, 0.25) is 5.02 Å². The fourth-order valence-electron chi connectivity index (χ4n) is 1.43. The van der Waals surface area contributed by atoms with Gasteiger partial charge in [-0.3, -0.25) is 0 Å². The normalized spacial score (nSPS) is 10.1. The molecule has 0 atom stereocenters. The van der Waals surface area contributed by atoms with E-state index < -0.39 is 0 Å². The molecule has 0 heterocycles. The molecule has 1 rings (SSSR count). The lowest BCUT2D eigenvalue weighted by molar-refractivity contribution is 0.290. The highest BCUT2D eigenvalue weighted by Crippen LogP contribution is 2.36. The van der Waals surface area contributed by atoms with Crippen molar-refractivity contribution in [1.82, 2.24) is 0 Å². The van der Waals surface area contributed by atoms with Gasteiger partial charge in [0.2, 0.25) is 0 Å². The van der Waals surface area contributed by atoms with Crippen LogP contribution in [-0.4, -0.2) is 13.7 Å². The number of allylic oxidation sites excluding steroid dienone is 1. The first-order chi connectivity index (χ1) is 8.22. The predicted molar refractivity (Wildman–Crippen MR) is 70.8 cm³/mol. The molecule has 0 aliphatic rings. The predicted octanol–water partition coefficient (Wildman–Crippen LogP) is 3.15. The van der Waals surface area contributed by atoms with E-state index in [0.29, 0.717) is 29.7 Å². The minimum Gasteiger partial charge on any atom is -0.493 e. The zero-order valence-corrected chi connectivity index (χ0v) is 10.8. The zero-order chi connectivity index (χ0) is 12.7. The summed E-state index contributed by atoms with van der Waals surface area (Å²) in [6.45, 7) is 4.67. The van der Waals surface area contributed by atoms with Crippen molar-refractivity contribution >= 4 is 11.6 Å². The summed E-state index contributed by atoms with van der Waals surface area (Å²) in [5, 5.41) is 0.531.